The number of fused-ring (bicyclic) bond motifs is 1. The lowest BCUT2D eigenvalue weighted by atomic mass is 10.00. The molecular formula is C23H27N3O. The highest BCUT2D eigenvalue weighted by Crippen LogP contribution is 2.36. The van der Waals surface area contributed by atoms with Crippen molar-refractivity contribution in [2.75, 3.05) is 18.5 Å². The van der Waals surface area contributed by atoms with E-state index in [0.29, 0.717) is 6.61 Å². The third-order valence-corrected chi connectivity index (χ3v) is 5.02. The highest BCUT2D eigenvalue weighted by atomic mass is 16.5. The summed E-state index contributed by atoms with van der Waals surface area (Å²) in [6.07, 6.45) is 3.39. The molecule has 4 nitrogen and oxygen atoms in total. The van der Waals surface area contributed by atoms with Gasteiger partial charge in [0.15, 0.2) is 0 Å². The van der Waals surface area contributed by atoms with Gasteiger partial charge in [0.2, 0.25) is 0 Å². The molecule has 140 valence electrons. The molecule has 0 spiro atoms. The Hall–Kier alpha value is -2.75. The first kappa shape index (κ1) is 17.7. The van der Waals surface area contributed by atoms with Gasteiger partial charge in [-0.1, -0.05) is 29.3 Å². The largest absolute Gasteiger partial charge is 0.492 e. The van der Waals surface area contributed by atoms with E-state index in [2.05, 4.69) is 43.4 Å². The van der Waals surface area contributed by atoms with Gasteiger partial charge in [0.25, 0.3) is 0 Å². The first-order chi connectivity index (χ1) is 13.2. The van der Waals surface area contributed by atoms with Crippen LogP contribution in [0.15, 0.2) is 42.5 Å². The standard InChI is InChI=1S/C23H27N3O/c1-4-27-21-11-6-5-10-20(21)26-23-19(9-7-8-12-24-23)22(25-26)18-14-16(2)13-17(3)15-18/h5-6,10-11,13-15,24H,4,7-9,12H2,1-3H3. The topological polar surface area (TPSA) is 39.1 Å². The van der Waals surface area contributed by atoms with Crippen LogP contribution in [0.25, 0.3) is 16.9 Å². The lowest BCUT2D eigenvalue weighted by Crippen LogP contribution is -2.08. The third kappa shape index (κ3) is 3.44. The van der Waals surface area contributed by atoms with E-state index in [1.165, 1.54) is 35.1 Å². The number of hydrogen-bond donors (Lipinski definition) is 1. The number of ether oxygens (including phenoxy) is 1. The normalized spacial score (nSPS) is 13.6. The monoisotopic (exact) mass is 361 g/mol. The summed E-state index contributed by atoms with van der Waals surface area (Å²) in [5, 5.41) is 8.70. The summed E-state index contributed by atoms with van der Waals surface area (Å²) in [5.41, 5.74) is 7.11. The van der Waals surface area contributed by atoms with E-state index in [0.717, 1.165) is 35.9 Å². The second-order valence-corrected chi connectivity index (χ2v) is 7.25. The van der Waals surface area contributed by atoms with Crippen LogP contribution in [0.4, 0.5) is 5.82 Å². The SMILES string of the molecule is CCOc1ccccc1-n1nc(-c2cc(C)cc(C)c2)c2c1NCCCC2. The van der Waals surface area contributed by atoms with Crippen LogP contribution in [0.3, 0.4) is 0 Å². The average Bonchev–Trinajstić information content (AvgIpc) is 2.83. The van der Waals surface area contributed by atoms with Gasteiger partial charge in [-0.3, -0.25) is 0 Å². The zero-order chi connectivity index (χ0) is 18.8. The molecule has 2 aromatic carbocycles. The molecule has 0 saturated carbocycles. The van der Waals surface area contributed by atoms with E-state index in [1.54, 1.807) is 0 Å². The van der Waals surface area contributed by atoms with Gasteiger partial charge in [0.1, 0.15) is 17.3 Å². The van der Waals surface area contributed by atoms with Crippen LogP contribution in [-0.4, -0.2) is 22.9 Å². The van der Waals surface area contributed by atoms with Gasteiger partial charge in [0, 0.05) is 17.7 Å². The zero-order valence-corrected chi connectivity index (χ0v) is 16.4. The summed E-state index contributed by atoms with van der Waals surface area (Å²) < 4.78 is 7.92. The number of anilines is 1. The van der Waals surface area contributed by atoms with Gasteiger partial charge in [-0.2, -0.15) is 5.10 Å². The minimum atomic E-state index is 0.637. The van der Waals surface area contributed by atoms with Crippen molar-refractivity contribution in [2.45, 2.75) is 40.0 Å². The summed E-state index contributed by atoms with van der Waals surface area (Å²) in [6.45, 7) is 7.92. The predicted octanol–water partition coefficient (Wildman–Crippen LogP) is 5.30. The molecular weight excluding hydrogens is 334 g/mol. The number of hydrogen-bond acceptors (Lipinski definition) is 3. The Morgan fingerprint density at radius 2 is 1.85 bits per heavy atom. The molecule has 1 N–H and O–H groups in total. The molecule has 0 amide bonds. The Bertz CT molecular complexity index is 938. The summed E-state index contributed by atoms with van der Waals surface area (Å²) in [4.78, 5) is 0. The Morgan fingerprint density at radius 1 is 1.07 bits per heavy atom. The molecule has 1 aliphatic rings. The number of benzene rings is 2. The Balaban J connectivity index is 1.92. The van der Waals surface area contributed by atoms with Crippen LogP contribution in [0, 0.1) is 13.8 Å². The molecule has 0 aliphatic carbocycles. The molecule has 0 atom stereocenters. The van der Waals surface area contributed by atoms with Gasteiger partial charge < -0.3 is 10.1 Å². The van der Waals surface area contributed by atoms with Gasteiger partial charge in [-0.25, -0.2) is 4.68 Å². The van der Waals surface area contributed by atoms with Gasteiger partial charge in [-0.05, 0) is 64.3 Å². The van der Waals surface area contributed by atoms with Crippen LogP contribution in [0.2, 0.25) is 0 Å². The van der Waals surface area contributed by atoms with E-state index < -0.39 is 0 Å². The minimum absolute atomic E-state index is 0.637. The van der Waals surface area contributed by atoms with Crippen molar-refractivity contribution in [2.24, 2.45) is 0 Å². The molecule has 27 heavy (non-hydrogen) atoms. The molecule has 0 bridgehead atoms. The van der Waals surface area contributed by atoms with Crippen molar-refractivity contribution < 1.29 is 4.74 Å². The molecule has 0 unspecified atom stereocenters. The lowest BCUT2D eigenvalue weighted by Gasteiger charge is -2.13. The van der Waals surface area contributed by atoms with Crippen LogP contribution in [0.5, 0.6) is 5.75 Å². The first-order valence-corrected chi connectivity index (χ1v) is 9.84. The summed E-state index contributed by atoms with van der Waals surface area (Å²) in [7, 11) is 0. The van der Waals surface area contributed by atoms with Crippen LogP contribution >= 0.6 is 0 Å². The van der Waals surface area contributed by atoms with E-state index in [-0.39, 0.29) is 0 Å². The van der Waals surface area contributed by atoms with Crippen LogP contribution in [-0.2, 0) is 6.42 Å². The molecule has 4 rings (SSSR count). The maximum atomic E-state index is 5.88. The van der Waals surface area contributed by atoms with Crippen molar-refractivity contribution in [3.8, 4) is 22.7 Å². The minimum Gasteiger partial charge on any atom is -0.492 e. The van der Waals surface area contributed by atoms with Crippen molar-refractivity contribution in [3.05, 3.63) is 59.2 Å². The van der Waals surface area contributed by atoms with Crippen molar-refractivity contribution >= 4 is 5.82 Å². The second kappa shape index (κ2) is 7.47. The van der Waals surface area contributed by atoms with E-state index >= 15 is 0 Å². The molecule has 4 heteroatoms. The fourth-order valence-corrected chi connectivity index (χ4v) is 3.93. The van der Waals surface area contributed by atoms with E-state index in [4.69, 9.17) is 9.84 Å². The van der Waals surface area contributed by atoms with E-state index in [1.807, 2.05) is 29.8 Å². The van der Waals surface area contributed by atoms with Crippen LogP contribution in [0.1, 0.15) is 36.5 Å². The number of nitrogens with zero attached hydrogens (tertiary/aromatic N) is 2. The van der Waals surface area contributed by atoms with Crippen molar-refractivity contribution in [3.63, 3.8) is 0 Å². The molecule has 2 heterocycles. The third-order valence-electron chi connectivity index (χ3n) is 5.02. The summed E-state index contributed by atoms with van der Waals surface area (Å²) >= 11 is 0. The number of rotatable bonds is 4. The van der Waals surface area contributed by atoms with Crippen molar-refractivity contribution in [1.29, 1.82) is 0 Å². The van der Waals surface area contributed by atoms with Crippen molar-refractivity contribution in [1.82, 2.24) is 9.78 Å². The fraction of sp³-hybridized carbons (Fsp3) is 0.348. The Morgan fingerprint density at radius 3 is 2.63 bits per heavy atom. The maximum Gasteiger partial charge on any atom is 0.145 e. The second-order valence-electron chi connectivity index (χ2n) is 7.25. The molecule has 0 saturated heterocycles. The molecule has 0 radical (unpaired) electrons. The molecule has 1 aromatic heterocycles. The molecule has 1 aliphatic heterocycles. The molecule has 0 fully saturated rings. The Labute approximate surface area is 161 Å². The first-order valence-electron chi connectivity index (χ1n) is 9.84. The van der Waals surface area contributed by atoms with E-state index in [9.17, 15) is 0 Å². The highest BCUT2D eigenvalue weighted by molar-refractivity contribution is 5.73. The number of aromatic nitrogens is 2. The zero-order valence-electron chi connectivity index (χ0n) is 16.4. The Kier molecular flexibility index (Phi) is 4.88. The van der Waals surface area contributed by atoms with Gasteiger partial charge in [0.05, 0.1) is 12.3 Å². The number of nitrogens with one attached hydrogen (secondary N) is 1. The smallest absolute Gasteiger partial charge is 0.145 e. The summed E-state index contributed by atoms with van der Waals surface area (Å²) in [5.74, 6) is 1.97. The maximum absolute atomic E-state index is 5.88. The quantitative estimate of drug-likeness (QED) is 0.685. The average molecular weight is 361 g/mol. The number of para-hydroxylation sites is 2. The molecule has 3 aromatic rings. The predicted molar refractivity (Wildman–Crippen MR) is 111 cm³/mol. The highest BCUT2D eigenvalue weighted by Gasteiger charge is 2.23. The van der Waals surface area contributed by atoms with Gasteiger partial charge in [-0.15, -0.1) is 0 Å². The summed E-state index contributed by atoms with van der Waals surface area (Å²) in [6, 6.07) is 14.8. The van der Waals surface area contributed by atoms with Gasteiger partial charge >= 0.3 is 0 Å². The lowest BCUT2D eigenvalue weighted by molar-refractivity contribution is 0.338. The number of aryl methyl sites for hydroxylation is 2. The van der Waals surface area contributed by atoms with Crippen LogP contribution < -0.4 is 10.1 Å². The fourth-order valence-electron chi connectivity index (χ4n) is 3.93.